The summed E-state index contributed by atoms with van der Waals surface area (Å²) in [6.07, 6.45) is 2.84. The Hall–Kier alpha value is -1.49. The van der Waals surface area contributed by atoms with E-state index in [2.05, 4.69) is 9.97 Å². The van der Waals surface area contributed by atoms with Crippen molar-refractivity contribution >= 4 is 5.97 Å². The maximum Gasteiger partial charge on any atom is 0.341 e. The fourth-order valence-corrected chi connectivity index (χ4v) is 0.903. The van der Waals surface area contributed by atoms with E-state index in [9.17, 15) is 4.79 Å². The van der Waals surface area contributed by atoms with Crippen LogP contribution in [0.15, 0.2) is 12.4 Å². The van der Waals surface area contributed by atoms with Crippen molar-refractivity contribution in [2.75, 3.05) is 0 Å². The quantitative estimate of drug-likeness (QED) is 0.732. The second kappa shape index (κ2) is 4.35. The number of ether oxygens (including phenoxy) is 1. The minimum atomic E-state index is -0.510. The fraction of sp³-hybridized carbons (Fsp3) is 0.500. The number of rotatable bonds is 2. The molecule has 0 aliphatic heterocycles. The Kier molecular flexibility index (Phi) is 3.36. The lowest BCUT2D eigenvalue weighted by Crippen LogP contribution is -2.24. The first-order chi connectivity index (χ1) is 6.92. The Morgan fingerprint density at radius 2 is 1.93 bits per heavy atom. The zero-order valence-corrected chi connectivity index (χ0v) is 9.15. The Bertz CT molecular complexity index is 341. The Labute approximate surface area is 88.7 Å². The minimum absolute atomic E-state index is 0.259. The van der Waals surface area contributed by atoms with Crippen molar-refractivity contribution in [2.45, 2.75) is 32.9 Å². The van der Waals surface area contributed by atoms with Crippen LogP contribution in [0.1, 0.15) is 37.0 Å². The lowest BCUT2D eigenvalue weighted by Gasteiger charge is -2.19. The van der Waals surface area contributed by atoms with Crippen LogP contribution < -0.4 is 5.73 Å². The van der Waals surface area contributed by atoms with Gasteiger partial charge in [-0.05, 0) is 20.8 Å². The molecule has 1 aromatic heterocycles. The van der Waals surface area contributed by atoms with Gasteiger partial charge in [0, 0.05) is 12.4 Å². The molecule has 0 fully saturated rings. The van der Waals surface area contributed by atoms with E-state index >= 15 is 0 Å². The van der Waals surface area contributed by atoms with Gasteiger partial charge in [0.2, 0.25) is 0 Å². The molecule has 1 aromatic rings. The van der Waals surface area contributed by atoms with Crippen molar-refractivity contribution in [1.29, 1.82) is 0 Å². The summed E-state index contributed by atoms with van der Waals surface area (Å²) in [5.74, 6) is 0.0772. The first-order valence-corrected chi connectivity index (χ1v) is 4.67. The standard InChI is InChI=1S/C10H15N3O2/c1-10(2,3)15-9(14)7-5-12-8(4-11)13-6-7/h5-6H,4,11H2,1-3H3. The molecule has 2 N–H and O–H groups in total. The van der Waals surface area contributed by atoms with Crippen LogP contribution in [0, 0.1) is 0 Å². The van der Waals surface area contributed by atoms with Crippen LogP contribution >= 0.6 is 0 Å². The lowest BCUT2D eigenvalue weighted by atomic mass is 10.2. The number of carbonyl (C=O) groups is 1. The van der Waals surface area contributed by atoms with Crippen LogP contribution in [0.5, 0.6) is 0 Å². The molecule has 0 bridgehead atoms. The first kappa shape index (κ1) is 11.6. The highest BCUT2D eigenvalue weighted by Gasteiger charge is 2.18. The molecule has 0 atom stereocenters. The summed E-state index contributed by atoms with van der Waals surface area (Å²) in [5.41, 5.74) is 5.16. The topological polar surface area (TPSA) is 78.1 Å². The maximum atomic E-state index is 11.5. The zero-order chi connectivity index (χ0) is 11.5. The molecule has 82 valence electrons. The van der Waals surface area contributed by atoms with Crippen molar-refractivity contribution < 1.29 is 9.53 Å². The number of esters is 1. The summed E-state index contributed by atoms with van der Waals surface area (Å²) in [6.45, 7) is 5.68. The molecular formula is C10H15N3O2. The zero-order valence-electron chi connectivity index (χ0n) is 9.15. The van der Waals surface area contributed by atoms with Gasteiger partial charge in [-0.15, -0.1) is 0 Å². The van der Waals surface area contributed by atoms with Crippen molar-refractivity contribution in [3.63, 3.8) is 0 Å². The van der Waals surface area contributed by atoms with Gasteiger partial charge < -0.3 is 10.5 Å². The van der Waals surface area contributed by atoms with Gasteiger partial charge in [0.25, 0.3) is 0 Å². The highest BCUT2D eigenvalue weighted by atomic mass is 16.6. The normalized spacial score (nSPS) is 11.2. The number of hydrogen-bond acceptors (Lipinski definition) is 5. The Morgan fingerprint density at radius 1 is 1.40 bits per heavy atom. The third kappa shape index (κ3) is 3.63. The van der Waals surface area contributed by atoms with E-state index < -0.39 is 11.6 Å². The van der Waals surface area contributed by atoms with Crippen LogP contribution in [0.2, 0.25) is 0 Å². The van der Waals surface area contributed by atoms with Gasteiger partial charge in [-0.1, -0.05) is 0 Å². The molecule has 0 spiro atoms. The molecule has 5 heteroatoms. The van der Waals surface area contributed by atoms with Gasteiger partial charge in [-0.2, -0.15) is 0 Å². The smallest absolute Gasteiger partial charge is 0.341 e. The second-order valence-corrected chi connectivity index (χ2v) is 4.09. The molecule has 0 amide bonds. The van der Waals surface area contributed by atoms with Gasteiger partial charge in [-0.3, -0.25) is 0 Å². The van der Waals surface area contributed by atoms with Crippen LogP contribution in [0.3, 0.4) is 0 Å². The maximum absolute atomic E-state index is 11.5. The predicted octanol–water partition coefficient (Wildman–Crippen LogP) is 0.891. The third-order valence-electron chi connectivity index (χ3n) is 1.52. The number of hydrogen-bond donors (Lipinski definition) is 1. The first-order valence-electron chi connectivity index (χ1n) is 4.67. The molecule has 0 radical (unpaired) electrons. The summed E-state index contributed by atoms with van der Waals surface area (Å²) in [5, 5.41) is 0. The van der Waals surface area contributed by atoms with E-state index in [1.807, 2.05) is 0 Å². The SMILES string of the molecule is CC(C)(C)OC(=O)c1cnc(CN)nc1. The number of nitrogens with zero attached hydrogens (tertiary/aromatic N) is 2. The van der Waals surface area contributed by atoms with Gasteiger partial charge in [0.1, 0.15) is 11.4 Å². The lowest BCUT2D eigenvalue weighted by molar-refractivity contribution is 0.00685. The van der Waals surface area contributed by atoms with Crippen LogP contribution in [0.4, 0.5) is 0 Å². The van der Waals surface area contributed by atoms with E-state index in [1.165, 1.54) is 12.4 Å². The molecule has 0 saturated heterocycles. The van der Waals surface area contributed by atoms with Crippen LogP contribution in [-0.2, 0) is 11.3 Å². The summed E-state index contributed by atoms with van der Waals surface area (Å²) in [7, 11) is 0. The molecule has 1 heterocycles. The highest BCUT2D eigenvalue weighted by molar-refractivity contribution is 5.88. The van der Waals surface area contributed by atoms with Crippen LogP contribution in [-0.4, -0.2) is 21.5 Å². The fourth-order valence-electron chi connectivity index (χ4n) is 0.903. The molecule has 15 heavy (non-hydrogen) atoms. The average Bonchev–Trinajstić information content (AvgIpc) is 2.15. The molecule has 0 aliphatic carbocycles. The molecule has 0 unspecified atom stereocenters. The molecule has 0 aromatic carbocycles. The van der Waals surface area contributed by atoms with Gasteiger partial charge in [-0.25, -0.2) is 14.8 Å². The summed E-state index contributed by atoms with van der Waals surface area (Å²) < 4.78 is 5.15. The Balaban J connectivity index is 2.75. The van der Waals surface area contributed by atoms with Crippen molar-refractivity contribution in [3.05, 3.63) is 23.8 Å². The molecular weight excluding hydrogens is 194 g/mol. The van der Waals surface area contributed by atoms with E-state index in [0.717, 1.165) is 0 Å². The molecule has 0 saturated carbocycles. The van der Waals surface area contributed by atoms with E-state index in [4.69, 9.17) is 10.5 Å². The Morgan fingerprint density at radius 3 is 2.33 bits per heavy atom. The summed E-state index contributed by atoms with van der Waals surface area (Å²) in [4.78, 5) is 19.3. The summed E-state index contributed by atoms with van der Waals surface area (Å²) in [6, 6.07) is 0. The van der Waals surface area contributed by atoms with Crippen molar-refractivity contribution in [2.24, 2.45) is 5.73 Å². The van der Waals surface area contributed by atoms with Crippen molar-refractivity contribution in [3.8, 4) is 0 Å². The monoisotopic (exact) mass is 209 g/mol. The second-order valence-electron chi connectivity index (χ2n) is 4.09. The van der Waals surface area contributed by atoms with Gasteiger partial charge in [0.05, 0.1) is 12.1 Å². The van der Waals surface area contributed by atoms with Crippen molar-refractivity contribution in [1.82, 2.24) is 9.97 Å². The number of aromatic nitrogens is 2. The van der Waals surface area contributed by atoms with Crippen LogP contribution in [0.25, 0.3) is 0 Å². The third-order valence-corrected chi connectivity index (χ3v) is 1.52. The van der Waals surface area contributed by atoms with E-state index in [-0.39, 0.29) is 6.54 Å². The molecule has 5 nitrogen and oxygen atoms in total. The molecule has 0 aliphatic rings. The summed E-state index contributed by atoms with van der Waals surface area (Å²) >= 11 is 0. The van der Waals surface area contributed by atoms with E-state index in [0.29, 0.717) is 11.4 Å². The largest absolute Gasteiger partial charge is 0.456 e. The minimum Gasteiger partial charge on any atom is -0.456 e. The van der Waals surface area contributed by atoms with Gasteiger partial charge >= 0.3 is 5.97 Å². The number of carbonyl (C=O) groups excluding carboxylic acids is 1. The average molecular weight is 209 g/mol. The highest BCUT2D eigenvalue weighted by Crippen LogP contribution is 2.10. The molecule has 1 rings (SSSR count). The predicted molar refractivity (Wildman–Crippen MR) is 55.1 cm³/mol. The number of nitrogens with two attached hydrogens (primary N) is 1. The van der Waals surface area contributed by atoms with Gasteiger partial charge in [0.15, 0.2) is 0 Å². The van der Waals surface area contributed by atoms with E-state index in [1.54, 1.807) is 20.8 Å².